The zero-order chi connectivity index (χ0) is 14.0. The Labute approximate surface area is 114 Å². The molecule has 0 atom stereocenters. The third kappa shape index (κ3) is 3.26. The predicted octanol–water partition coefficient (Wildman–Crippen LogP) is 4.39. The zero-order valence-corrected chi connectivity index (χ0v) is 11.9. The lowest BCUT2D eigenvalue weighted by atomic mass is 9.75. The molecule has 1 fully saturated rings. The molecule has 1 saturated carbocycles. The molecule has 0 saturated heterocycles. The second kappa shape index (κ2) is 5.21. The SMILES string of the molecule is Cc1c(F)cc(C#N)cc1NC1CCC(C)(C)CC1. The van der Waals surface area contributed by atoms with Crippen LogP contribution >= 0.6 is 0 Å². The minimum absolute atomic E-state index is 0.308. The van der Waals surface area contributed by atoms with Crippen LogP contribution in [-0.2, 0) is 0 Å². The van der Waals surface area contributed by atoms with Crippen LogP contribution < -0.4 is 5.32 Å². The van der Waals surface area contributed by atoms with Crippen LogP contribution in [0.4, 0.5) is 10.1 Å². The maximum Gasteiger partial charge on any atom is 0.129 e. The van der Waals surface area contributed by atoms with E-state index in [2.05, 4.69) is 19.2 Å². The first kappa shape index (κ1) is 13.9. The van der Waals surface area contributed by atoms with E-state index in [1.54, 1.807) is 13.0 Å². The number of rotatable bonds is 2. The number of halogens is 1. The van der Waals surface area contributed by atoms with Gasteiger partial charge in [-0.05, 0) is 50.2 Å². The monoisotopic (exact) mass is 260 g/mol. The van der Waals surface area contributed by atoms with Gasteiger partial charge >= 0.3 is 0 Å². The van der Waals surface area contributed by atoms with Crippen LogP contribution in [0.5, 0.6) is 0 Å². The van der Waals surface area contributed by atoms with Crippen LogP contribution in [-0.4, -0.2) is 6.04 Å². The van der Waals surface area contributed by atoms with E-state index < -0.39 is 0 Å². The number of hydrogen-bond donors (Lipinski definition) is 1. The van der Waals surface area contributed by atoms with E-state index in [9.17, 15) is 4.39 Å². The van der Waals surface area contributed by atoms with E-state index >= 15 is 0 Å². The molecular formula is C16H21FN2. The third-order valence-electron chi connectivity index (χ3n) is 4.17. The van der Waals surface area contributed by atoms with Crippen molar-refractivity contribution < 1.29 is 4.39 Å². The van der Waals surface area contributed by atoms with Gasteiger partial charge in [0.2, 0.25) is 0 Å². The Morgan fingerprint density at radius 3 is 2.53 bits per heavy atom. The summed E-state index contributed by atoms with van der Waals surface area (Å²) < 4.78 is 13.7. The molecule has 0 heterocycles. The lowest BCUT2D eigenvalue weighted by Crippen LogP contribution is -2.30. The largest absolute Gasteiger partial charge is 0.382 e. The topological polar surface area (TPSA) is 35.8 Å². The Kier molecular flexibility index (Phi) is 3.80. The van der Waals surface area contributed by atoms with Crippen LogP contribution in [0.2, 0.25) is 0 Å². The van der Waals surface area contributed by atoms with Gasteiger partial charge in [-0.25, -0.2) is 4.39 Å². The molecule has 1 aliphatic carbocycles. The van der Waals surface area contributed by atoms with Crippen molar-refractivity contribution in [2.24, 2.45) is 5.41 Å². The van der Waals surface area contributed by atoms with Crippen molar-refractivity contribution in [1.82, 2.24) is 0 Å². The van der Waals surface area contributed by atoms with Gasteiger partial charge in [0.05, 0.1) is 11.6 Å². The highest BCUT2D eigenvalue weighted by Crippen LogP contribution is 2.36. The summed E-state index contributed by atoms with van der Waals surface area (Å²) in [4.78, 5) is 0. The Morgan fingerprint density at radius 2 is 1.95 bits per heavy atom. The summed E-state index contributed by atoms with van der Waals surface area (Å²) in [5, 5.41) is 12.3. The highest BCUT2D eigenvalue weighted by molar-refractivity contribution is 5.56. The number of nitrogens with one attached hydrogen (secondary N) is 1. The fraction of sp³-hybridized carbons (Fsp3) is 0.562. The summed E-state index contributed by atoms with van der Waals surface area (Å²) in [7, 11) is 0. The first-order valence-corrected chi connectivity index (χ1v) is 6.88. The minimum Gasteiger partial charge on any atom is -0.382 e. The fourth-order valence-electron chi connectivity index (χ4n) is 2.66. The Hall–Kier alpha value is -1.56. The van der Waals surface area contributed by atoms with Crippen LogP contribution in [0, 0.1) is 29.5 Å². The molecule has 19 heavy (non-hydrogen) atoms. The number of anilines is 1. The number of nitrogens with zero attached hydrogens (tertiary/aromatic N) is 1. The van der Waals surface area contributed by atoms with E-state index in [1.165, 1.54) is 18.9 Å². The highest BCUT2D eigenvalue weighted by Gasteiger charge is 2.27. The lowest BCUT2D eigenvalue weighted by molar-refractivity contribution is 0.232. The van der Waals surface area contributed by atoms with E-state index in [4.69, 9.17) is 5.26 Å². The molecule has 0 unspecified atom stereocenters. The van der Waals surface area contributed by atoms with Gasteiger partial charge in [0.25, 0.3) is 0 Å². The average Bonchev–Trinajstić information content (AvgIpc) is 2.37. The molecule has 1 aromatic rings. The molecule has 1 N–H and O–H groups in total. The van der Waals surface area contributed by atoms with Gasteiger partial charge in [0.1, 0.15) is 5.82 Å². The molecule has 0 spiro atoms. The lowest BCUT2D eigenvalue weighted by Gasteiger charge is -2.35. The molecule has 0 amide bonds. The minimum atomic E-state index is -0.308. The molecule has 0 aliphatic heterocycles. The van der Waals surface area contributed by atoms with Gasteiger partial charge in [0.15, 0.2) is 0 Å². The second-order valence-corrected chi connectivity index (χ2v) is 6.33. The molecule has 0 bridgehead atoms. The van der Waals surface area contributed by atoms with Crippen LogP contribution in [0.25, 0.3) is 0 Å². The Bertz CT molecular complexity index is 504. The molecule has 1 aromatic carbocycles. The standard InChI is InChI=1S/C16H21FN2/c1-11-14(17)8-12(10-18)9-15(11)19-13-4-6-16(2,3)7-5-13/h8-9,13,19H,4-7H2,1-3H3. The van der Waals surface area contributed by atoms with Crippen molar-refractivity contribution >= 4 is 5.69 Å². The van der Waals surface area contributed by atoms with E-state index in [0.717, 1.165) is 18.5 Å². The van der Waals surface area contributed by atoms with Crippen molar-refractivity contribution in [3.8, 4) is 6.07 Å². The van der Waals surface area contributed by atoms with Crippen molar-refractivity contribution in [2.45, 2.75) is 52.5 Å². The average molecular weight is 260 g/mol. The molecule has 102 valence electrons. The first-order valence-electron chi connectivity index (χ1n) is 6.88. The Balaban J connectivity index is 2.12. The molecule has 3 heteroatoms. The molecule has 0 radical (unpaired) electrons. The first-order chi connectivity index (χ1) is 8.91. The van der Waals surface area contributed by atoms with E-state index in [0.29, 0.717) is 22.6 Å². The van der Waals surface area contributed by atoms with E-state index in [-0.39, 0.29) is 5.82 Å². The summed E-state index contributed by atoms with van der Waals surface area (Å²) in [5.74, 6) is -0.308. The smallest absolute Gasteiger partial charge is 0.129 e. The van der Waals surface area contributed by atoms with Gasteiger partial charge in [0, 0.05) is 17.3 Å². The van der Waals surface area contributed by atoms with Gasteiger partial charge in [-0.15, -0.1) is 0 Å². The van der Waals surface area contributed by atoms with Gasteiger partial charge in [-0.1, -0.05) is 13.8 Å². The van der Waals surface area contributed by atoms with Crippen LogP contribution in [0.1, 0.15) is 50.7 Å². The maximum atomic E-state index is 13.7. The fourth-order valence-corrected chi connectivity index (χ4v) is 2.66. The summed E-state index contributed by atoms with van der Waals surface area (Å²) in [6, 6.07) is 5.44. The van der Waals surface area contributed by atoms with Gasteiger partial charge < -0.3 is 5.32 Å². The highest BCUT2D eigenvalue weighted by atomic mass is 19.1. The number of nitriles is 1. The summed E-state index contributed by atoms with van der Waals surface area (Å²) >= 11 is 0. The summed E-state index contributed by atoms with van der Waals surface area (Å²) in [5.41, 5.74) is 2.17. The summed E-state index contributed by atoms with van der Waals surface area (Å²) in [6.07, 6.45) is 4.57. The van der Waals surface area contributed by atoms with Gasteiger partial charge in [-0.2, -0.15) is 5.26 Å². The van der Waals surface area contributed by atoms with E-state index in [1.807, 2.05) is 6.07 Å². The van der Waals surface area contributed by atoms with Crippen molar-refractivity contribution in [2.75, 3.05) is 5.32 Å². The predicted molar refractivity (Wildman–Crippen MR) is 75.5 cm³/mol. The second-order valence-electron chi connectivity index (χ2n) is 6.33. The number of benzene rings is 1. The molecular weight excluding hydrogens is 239 g/mol. The third-order valence-corrected chi connectivity index (χ3v) is 4.17. The van der Waals surface area contributed by atoms with Crippen LogP contribution in [0.3, 0.4) is 0 Å². The normalized spacial score (nSPS) is 18.9. The van der Waals surface area contributed by atoms with Crippen molar-refractivity contribution in [3.05, 3.63) is 29.1 Å². The Morgan fingerprint density at radius 1 is 1.32 bits per heavy atom. The molecule has 2 rings (SSSR count). The van der Waals surface area contributed by atoms with Gasteiger partial charge in [-0.3, -0.25) is 0 Å². The quantitative estimate of drug-likeness (QED) is 0.856. The van der Waals surface area contributed by atoms with Crippen LogP contribution in [0.15, 0.2) is 12.1 Å². The van der Waals surface area contributed by atoms with Crippen molar-refractivity contribution in [3.63, 3.8) is 0 Å². The maximum absolute atomic E-state index is 13.7. The number of hydrogen-bond acceptors (Lipinski definition) is 2. The zero-order valence-electron chi connectivity index (χ0n) is 11.9. The molecule has 2 nitrogen and oxygen atoms in total. The molecule has 1 aliphatic rings. The molecule has 0 aromatic heterocycles. The van der Waals surface area contributed by atoms with Crippen molar-refractivity contribution in [1.29, 1.82) is 5.26 Å². The summed E-state index contributed by atoms with van der Waals surface area (Å²) in [6.45, 7) is 6.35.